The lowest BCUT2D eigenvalue weighted by molar-refractivity contribution is 0.0748. The van der Waals surface area contributed by atoms with Gasteiger partial charge in [0.1, 0.15) is 0 Å². The lowest BCUT2D eigenvalue weighted by Crippen LogP contribution is -2.48. The minimum Gasteiger partial charge on any atom is -0.450 e. The highest BCUT2D eigenvalue weighted by Crippen LogP contribution is 2.11. The van der Waals surface area contributed by atoms with Crippen molar-refractivity contribution in [1.29, 1.82) is 0 Å². The summed E-state index contributed by atoms with van der Waals surface area (Å²) in [5.74, 6) is 0.421. The molecule has 3 N–H and O–H groups in total. The van der Waals surface area contributed by atoms with E-state index < -0.39 is 0 Å². The fourth-order valence-electron chi connectivity index (χ4n) is 2.15. The van der Waals surface area contributed by atoms with Crippen LogP contribution in [0.2, 0.25) is 0 Å². The molecule has 0 aromatic rings. The van der Waals surface area contributed by atoms with E-state index in [1.54, 1.807) is 12.0 Å². The number of nitrogens with one attached hydrogen (secondary N) is 1. The first-order chi connectivity index (χ1) is 10.7. The van der Waals surface area contributed by atoms with E-state index in [4.69, 9.17) is 19.9 Å². The van der Waals surface area contributed by atoms with E-state index in [2.05, 4.69) is 10.3 Å². The Morgan fingerprint density at radius 3 is 2.68 bits per heavy atom. The number of ether oxygens (including phenoxy) is 3. The lowest BCUT2D eigenvalue weighted by atomic mass is 10.1. The zero-order valence-electron chi connectivity index (χ0n) is 13.5. The van der Waals surface area contributed by atoms with Crippen LogP contribution in [0, 0.1) is 0 Å². The van der Waals surface area contributed by atoms with Gasteiger partial charge in [0.15, 0.2) is 5.96 Å². The number of carbonyl (C=O) groups is 1. The zero-order chi connectivity index (χ0) is 16.2. The van der Waals surface area contributed by atoms with Crippen molar-refractivity contribution in [2.75, 3.05) is 53.2 Å². The van der Waals surface area contributed by atoms with E-state index in [1.807, 2.05) is 6.92 Å². The van der Waals surface area contributed by atoms with Crippen LogP contribution in [0.4, 0.5) is 4.79 Å². The molecule has 0 radical (unpaired) electrons. The quantitative estimate of drug-likeness (QED) is 0.376. The molecule has 0 saturated carbocycles. The Hall–Kier alpha value is -1.54. The molecule has 0 unspecified atom stereocenters. The number of nitrogens with zero attached hydrogens (tertiary/aromatic N) is 2. The summed E-state index contributed by atoms with van der Waals surface area (Å²) in [5.41, 5.74) is 5.84. The van der Waals surface area contributed by atoms with E-state index >= 15 is 0 Å². The summed E-state index contributed by atoms with van der Waals surface area (Å²) in [6, 6.07) is 0.240. The minimum absolute atomic E-state index is 0.240. The van der Waals surface area contributed by atoms with Crippen molar-refractivity contribution in [3.63, 3.8) is 0 Å². The number of hydrogen-bond acceptors (Lipinski definition) is 5. The Morgan fingerprint density at radius 1 is 1.32 bits per heavy atom. The van der Waals surface area contributed by atoms with Gasteiger partial charge in [-0.15, -0.1) is 0 Å². The summed E-state index contributed by atoms with van der Waals surface area (Å²) >= 11 is 0. The molecule has 0 atom stereocenters. The molecule has 1 fully saturated rings. The van der Waals surface area contributed by atoms with Crippen LogP contribution in [0.5, 0.6) is 0 Å². The number of guanidine groups is 1. The predicted octanol–water partition coefficient (Wildman–Crippen LogP) is 0.175. The van der Waals surface area contributed by atoms with Gasteiger partial charge in [0.25, 0.3) is 0 Å². The summed E-state index contributed by atoms with van der Waals surface area (Å²) in [6.45, 7) is 5.73. The molecule has 128 valence electrons. The maximum atomic E-state index is 11.6. The van der Waals surface area contributed by atoms with E-state index in [1.165, 1.54) is 0 Å². The van der Waals surface area contributed by atoms with Gasteiger partial charge in [0.05, 0.1) is 33.0 Å². The van der Waals surface area contributed by atoms with E-state index in [0.717, 1.165) is 12.8 Å². The molecule has 1 rings (SSSR count). The van der Waals surface area contributed by atoms with Gasteiger partial charge < -0.3 is 30.2 Å². The molecule has 1 aliphatic heterocycles. The van der Waals surface area contributed by atoms with Crippen molar-refractivity contribution in [3.8, 4) is 0 Å². The average Bonchev–Trinajstić information content (AvgIpc) is 2.51. The summed E-state index contributed by atoms with van der Waals surface area (Å²) < 4.78 is 15.2. The average molecular weight is 316 g/mol. The van der Waals surface area contributed by atoms with Gasteiger partial charge in [-0.05, 0) is 19.8 Å². The summed E-state index contributed by atoms with van der Waals surface area (Å²) in [5, 5.41) is 3.18. The van der Waals surface area contributed by atoms with Crippen LogP contribution >= 0.6 is 0 Å². The molecule has 22 heavy (non-hydrogen) atoms. The molecule has 0 spiro atoms. The first-order valence-electron chi connectivity index (χ1n) is 7.72. The fraction of sp³-hybridized carbons (Fsp3) is 0.857. The van der Waals surface area contributed by atoms with Gasteiger partial charge in [0.2, 0.25) is 0 Å². The fourth-order valence-corrected chi connectivity index (χ4v) is 2.15. The maximum absolute atomic E-state index is 11.6. The van der Waals surface area contributed by atoms with Crippen molar-refractivity contribution >= 4 is 12.1 Å². The third kappa shape index (κ3) is 7.46. The number of likely N-dealkylation sites (tertiary alicyclic amines) is 1. The van der Waals surface area contributed by atoms with Gasteiger partial charge >= 0.3 is 6.09 Å². The molecule has 8 heteroatoms. The zero-order valence-corrected chi connectivity index (χ0v) is 13.5. The predicted molar refractivity (Wildman–Crippen MR) is 83.9 cm³/mol. The highest BCUT2D eigenvalue weighted by molar-refractivity contribution is 5.78. The normalized spacial score (nSPS) is 16.6. The molecule has 8 nitrogen and oxygen atoms in total. The van der Waals surface area contributed by atoms with Gasteiger partial charge in [-0.25, -0.2) is 4.79 Å². The van der Waals surface area contributed by atoms with E-state index in [-0.39, 0.29) is 12.1 Å². The summed E-state index contributed by atoms with van der Waals surface area (Å²) in [4.78, 5) is 17.5. The second kappa shape index (κ2) is 11.1. The topological polar surface area (TPSA) is 98.4 Å². The first kappa shape index (κ1) is 18.5. The Balaban J connectivity index is 2.15. The number of rotatable bonds is 8. The van der Waals surface area contributed by atoms with Crippen molar-refractivity contribution < 1.29 is 19.0 Å². The summed E-state index contributed by atoms with van der Waals surface area (Å²) in [7, 11) is 1.64. The molecule has 0 bridgehead atoms. The van der Waals surface area contributed by atoms with Crippen molar-refractivity contribution in [2.45, 2.75) is 25.8 Å². The lowest BCUT2D eigenvalue weighted by Gasteiger charge is -2.31. The van der Waals surface area contributed by atoms with Crippen LogP contribution in [0.15, 0.2) is 4.99 Å². The van der Waals surface area contributed by atoms with Gasteiger partial charge in [-0.2, -0.15) is 0 Å². The Morgan fingerprint density at radius 2 is 2.05 bits per heavy atom. The Kier molecular flexibility index (Phi) is 9.33. The number of carbonyl (C=O) groups excluding carboxylic acids is 1. The number of piperidine rings is 1. The minimum atomic E-state index is -0.240. The molecule has 0 aliphatic carbocycles. The van der Waals surface area contributed by atoms with Crippen LogP contribution in [0.3, 0.4) is 0 Å². The number of aliphatic imine (C=N–C) groups is 1. The molecule has 1 saturated heterocycles. The largest absolute Gasteiger partial charge is 0.450 e. The maximum Gasteiger partial charge on any atom is 0.409 e. The van der Waals surface area contributed by atoms with E-state index in [9.17, 15) is 4.79 Å². The molecule has 1 heterocycles. The van der Waals surface area contributed by atoms with Gasteiger partial charge in [-0.3, -0.25) is 4.99 Å². The summed E-state index contributed by atoms with van der Waals surface area (Å²) in [6.07, 6.45) is 1.43. The Bertz CT molecular complexity index is 344. The highest BCUT2D eigenvalue weighted by atomic mass is 16.6. The van der Waals surface area contributed by atoms with Crippen molar-refractivity contribution in [3.05, 3.63) is 0 Å². The third-order valence-corrected chi connectivity index (χ3v) is 3.32. The molecule has 0 aromatic carbocycles. The van der Waals surface area contributed by atoms with Crippen LogP contribution in [0.25, 0.3) is 0 Å². The molecule has 1 aliphatic rings. The smallest absolute Gasteiger partial charge is 0.409 e. The van der Waals surface area contributed by atoms with Crippen LogP contribution < -0.4 is 11.1 Å². The second-order valence-electron chi connectivity index (χ2n) is 4.98. The molecular formula is C14H28N4O4. The standard InChI is InChI=1S/C14H28N4O4/c1-3-22-14(19)18-7-4-12(5-8-18)17-13(15)16-6-9-21-11-10-20-2/h12H,3-11H2,1-2H3,(H3,15,16,17). The monoisotopic (exact) mass is 316 g/mol. The van der Waals surface area contributed by atoms with E-state index in [0.29, 0.717) is 52.0 Å². The van der Waals surface area contributed by atoms with Crippen LogP contribution in [-0.4, -0.2) is 76.2 Å². The number of nitrogens with two attached hydrogens (primary N) is 1. The second-order valence-corrected chi connectivity index (χ2v) is 4.98. The van der Waals surface area contributed by atoms with Crippen molar-refractivity contribution in [1.82, 2.24) is 10.2 Å². The van der Waals surface area contributed by atoms with Crippen LogP contribution in [-0.2, 0) is 14.2 Å². The Labute approximate surface area is 132 Å². The number of hydrogen-bond donors (Lipinski definition) is 2. The van der Waals surface area contributed by atoms with Gasteiger partial charge in [-0.1, -0.05) is 0 Å². The molecule has 1 amide bonds. The molecule has 0 aromatic heterocycles. The number of methoxy groups -OCH3 is 1. The highest BCUT2D eigenvalue weighted by Gasteiger charge is 2.23. The first-order valence-corrected chi connectivity index (χ1v) is 7.72. The number of amides is 1. The third-order valence-electron chi connectivity index (χ3n) is 3.32. The molecular weight excluding hydrogens is 288 g/mol. The van der Waals surface area contributed by atoms with Gasteiger partial charge in [0, 0.05) is 26.2 Å². The van der Waals surface area contributed by atoms with Crippen LogP contribution in [0.1, 0.15) is 19.8 Å². The van der Waals surface area contributed by atoms with Crippen molar-refractivity contribution in [2.24, 2.45) is 10.7 Å². The SMILES string of the molecule is CCOC(=O)N1CCC(NC(N)=NCCOCCOC)CC1.